The van der Waals surface area contributed by atoms with E-state index in [-0.39, 0.29) is 6.07 Å². The van der Waals surface area contributed by atoms with Gasteiger partial charge in [0.25, 0.3) is 11.5 Å². The molecule has 7 nitrogen and oxygen atoms in total. The summed E-state index contributed by atoms with van der Waals surface area (Å²) < 4.78 is 99.1. The predicted octanol–water partition coefficient (Wildman–Crippen LogP) is 4.44. The largest absolute Gasteiger partial charge is 0.482 e. The molecule has 1 aromatic carbocycles. The number of halogens is 7. The Kier molecular flexibility index (Phi) is 5.96. The Balaban J connectivity index is 2.17. The molecule has 3 aromatic rings. The number of aromatic nitrogens is 2. The normalized spacial score (nSPS) is 12.0. The third-order valence-electron chi connectivity index (χ3n) is 3.81. The lowest BCUT2D eigenvalue weighted by molar-refractivity contribution is -0.155. The first-order valence-electron chi connectivity index (χ1n) is 8.42. The molecule has 32 heavy (non-hydrogen) atoms. The van der Waals surface area contributed by atoms with Gasteiger partial charge in [-0.15, -0.1) is 0 Å². The summed E-state index contributed by atoms with van der Waals surface area (Å²) in [6.07, 6.45) is -8.70. The van der Waals surface area contributed by atoms with Crippen molar-refractivity contribution in [1.29, 1.82) is 0 Å². The molecule has 1 amide bonds. The zero-order valence-electron chi connectivity index (χ0n) is 15.4. The van der Waals surface area contributed by atoms with Crippen LogP contribution >= 0.6 is 0 Å². The van der Waals surface area contributed by atoms with Gasteiger partial charge in [0.2, 0.25) is 5.76 Å². The summed E-state index contributed by atoms with van der Waals surface area (Å²) in [6, 6.07) is 4.50. The number of carbonyl (C=O) groups excluding carboxylic acids is 1. The topological polar surface area (TPSA) is 88.4 Å². The molecule has 0 saturated heterocycles. The number of amides is 1. The molecule has 0 spiro atoms. The molecule has 0 unspecified atom stereocenters. The van der Waals surface area contributed by atoms with E-state index in [9.17, 15) is 40.3 Å². The number of anilines is 2. The third kappa shape index (κ3) is 5.07. The molecular formula is C18H10F7N3O4. The van der Waals surface area contributed by atoms with Crippen molar-refractivity contribution in [3.63, 3.8) is 0 Å². The minimum atomic E-state index is -5.01. The highest BCUT2D eigenvalue weighted by atomic mass is 19.4. The fourth-order valence-corrected chi connectivity index (χ4v) is 2.50. The van der Waals surface area contributed by atoms with E-state index in [2.05, 4.69) is 19.4 Å². The van der Waals surface area contributed by atoms with Crippen LogP contribution in [-0.2, 0) is 6.18 Å². The second-order valence-corrected chi connectivity index (χ2v) is 6.12. The van der Waals surface area contributed by atoms with Crippen LogP contribution in [0.5, 0.6) is 5.75 Å². The predicted molar refractivity (Wildman–Crippen MR) is 93.0 cm³/mol. The number of benzene rings is 1. The van der Waals surface area contributed by atoms with E-state index in [0.717, 1.165) is 24.4 Å². The van der Waals surface area contributed by atoms with Gasteiger partial charge in [-0.1, -0.05) is 5.16 Å². The number of hydrogen-bond donors (Lipinski definition) is 1. The summed E-state index contributed by atoms with van der Waals surface area (Å²) in [7, 11) is 0. The summed E-state index contributed by atoms with van der Waals surface area (Å²) >= 11 is 0. The zero-order valence-corrected chi connectivity index (χ0v) is 15.4. The van der Waals surface area contributed by atoms with Crippen molar-refractivity contribution in [2.45, 2.75) is 12.4 Å². The third-order valence-corrected chi connectivity index (χ3v) is 3.81. The molecule has 1 N–H and O–H groups in total. The lowest BCUT2D eigenvalue weighted by Gasteiger charge is -2.23. The van der Waals surface area contributed by atoms with Gasteiger partial charge >= 0.3 is 12.4 Å². The highest BCUT2D eigenvalue weighted by molar-refractivity contribution is 6.10. The molecule has 0 bridgehead atoms. The second-order valence-electron chi connectivity index (χ2n) is 6.12. The van der Waals surface area contributed by atoms with Crippen molar-refractivity contribution in [3.8, 4) is 5.75 Å². The van der Waals surface area contributed by atoms with Crippen LogP contribution in [0.25, 0.3) is 0 Å². The summed E-state index contributed by atoms with van der Waals surface area (Å²) in [6.45, 7) is -1.90. The molecule has 0 aliphatic heterocycles. The summed E-state index contributed by atoms with van der Waals surface area (Å²) in [5.41, 5.74) is -2.18. The number of nitrogens with one attached hydrogen (secondary N) is 1. The van der Waals surface area contributed by atoms with Crippen LogP contribution in [0.1, 0.15) is 16.1 Å². The Hall–Kier alpha value is -3.84. The maximum Gasteiger partial charge on any atom is 0.452 e. The summed E-state index contributed by atoms with van der Waals surface area (Å²) in [5.74, 6) is -5.68. The molecule has 0 radical (unpaired) electrons. The van der Waals surface area contributed by atoms with Crippen LogP contribution in [0.4, 0.5) is 42.2 Å². The number of ether oxygens (including phenoxy) is 1. The molecule has 0 aliphatic carbocycles. The van der Waals surface area contributed by atoms with Gasteiger partial charge in [-0.05, 0) is 24.3 Å². The monoisotopic (exact) mass is 465 g/mol. The van der Waals surface area contributed by atoms with E-state index in [1.54, 1.807) is 0 Å². The molecule has 2 aromatic heterocycles. The highest BCUT2D eigenvalue weighted by Crippen LogP contribution is 2.38. The van der Waals surface area contributed by atoms with Gasteiger partial charge in [0.1, 0.15) is 17.1 Å². The average molecular weight is 465 g/mol. The zero-order chi connectivity index (χ0) is 23.7. The van der Waals surface area contributed by atoms with Gasteiger partial charge in [-0.3, -0.25) is 14.5 Å². The van der Waals surface area contributed by atoms with E-state index >= 15 is 0 Å². The number of H-pyrrole nitrogens is 1. The number of alkyl halides is 6. The Morgan fingerprint density at radius 3 is 2.44 bits per heavy atom. The number of nitrogens with zero attached hydrogens (tertiary/aromatic N) is 2. The molecule has 0 saturated carbocycles. The first-order chi connectivity index (χ1) is 14.9. The van der Waals surface area contributed by atoms with Crippen molar-refractivity contribution in [2.24, 2.45) is 0 Å². The first kappa shape index (κ1) is 22.8. The van der Waals surface area contributed by atoms with E-state index in [4.69, 9.17) is 0 Å². The van der Waals surface area contributed by atoms with Crippen molar-refractivity contribution >= 4 is 17.4 Å². The first-order valence-corrected chi connectivity index (χ1v) is 8.42. The molecule has 2 heterocycles. The maximum absolute atomic E-state index is 13.7. The molecule has 170 valence electrons. The molecule has 3 rings (SSSR count). The Labute approximate surface area is 173 Å². The Morgan fingerprint density at radius 1 is 1.12 bits per heavy atom. The highest BCUT2D eigenvalue weighted by Gasteiger charge is 2.38. The smallest absolute Gasteiger partial charge is 0.452 e. The van der Waals surface area contributed by atoms with Crippen LogP contribution in [0.15, 0.2) is 51.9 Å². The Morgan fingerprint density at radius 2 is 1.84 bits per heavy atom. The van der Waals surface area contributed by atoms with Gasteiger partial charge in [0, 0.05) is 18.3 Å². The van der Waals surface area contributed by atoms with Gasteiger partial charge in [-0.2, -0.15) is 26.3 Å². The van der Waals surface area contributed by atoms with Gasteiger partial charge < -0.3 is 14.2 Å². The van der Waals surface area contributed by atoms with Crippen LogP contribution < -0.4 is 15.2 Å². The average Bonchev–Trinajstić information content (AvgIpc) is 3.18. The van der Waals surface area contributed by atoms with Crippen molar-refractivity contribution in [1.82, 2.24) is 10.1 Å². The Bertz CT molecular complexity index is 1180. The van der Waals surface area contributed by atoms with E-state index in [0.29, 0.717) is 11.0 Å². The fraction of sp³-hybridized carbons (Fsp3) is 0.167. The lowest BCUT2D eigenvalue weighted by atomic mass is 10.2. The molecular weight excluding hydrogens is 455 g/mol. The molecule has 0 atom stereocenters. The molecule has 0 aliphatic rings. The second kappa shape index (κ2) is 8.36. The number of hydrogen-bond acceptors (Lipinski definition) is 5. The number of carbonyl (C=O) groups is 1. The molecule has 0 fully saturated rings. The SMILES string of the molecule is O=C(c1ccc[nH]c1=O)N(c1cc(C(F)(F)F)on1)c1ccc(F)cc1OCC(F)(F)F. The summed E-state index contributed by atoms with van der Waals surface area (Å²) in [5, 5.41) is 3.13. The van der Waals surface area contributed by atoms with Crippen molar-refractivity contribution < 1.29 is 44.8 Å². The number of rotatable bonds is 5. The van der Waals surface area contributed by atoms with E-state index < -0.39 is 64.8 Å². The van der Waals surface area contributed by atoms with Crippen molar-refractivity contribution in [3.05, 3.63) is 70.1 Å². The van der Waals surface area contributed by atoms with Crippen LogP contribution in [-0.4, -0.2) is 28.8 Å². The van der Waals surface area contributed by atoms with E-state index in [1.807, 2.05) is 0 Å². The lowest BCUT2D eigenvalue weighted by Crippen LogP contribution is -2.32. The van der Waals surface area contributed by atoms with Crippen LogP contribution in [0.2, 0.25) is 0 Å². The maximum atomic E-state index is 13.7. The fourth-order valence-electron chi connectivity index (χ4n) is 2.50. The van der Waals surface area contributed by atoms with Crippen molar-refractivity contribution in [2.75, 3.05) is 11.5 Å². The molecule has 14 heteroatoms. The summed E-state index contributed by atoms with van der Waals surface area (Å²) in [4.78, 5) is 27.6. The standard InChI is InChI=1S/C18H10F7N3O4/c19-9-3-4-11(12(6-9)31-8-17(20,21)22)28(14-7-13(32-27-14)18(23,24)25)16(30)10-2-1-5-26-15(10)29/h1-7H,8H2,(H,26,29). The van der Waals surface area contributed by atoms with Gasteiger partial charge in [-0.25, -0.2) is 4.39 Å². The van der Waals surface area contributed by atoms with Gasteiger partial charge in [0.15, 0.2) is 12.4 Å². The number of aromatic amines is 1. The van der Waals surface area contributed by atoms with Crippen LogP contribution in [0, 0.1) is 5.82 Å². The number of pyridine rings is 1. The minimum absolute atomic E-state index is 0.284. The quantitative estimate of drug-likeness (QED) is 0.563. The van der Waals surface area contributed by atoms with Crippen LogP contribution in [0.3, 0.4) is 0 Å². The minimum Gasteiger partial charge on any atom is -0.482 e. The van der Waals surface area contributed by atoms with Gasteiger partial charge in [0.05, 0.1) is 5.69 Å². The van der Waals surface area contributed by atoms with E-state index in [1.165, 1.54) is 6.07 Å².